The van der Waals surface area contributed by atoms with Crippen LogP contribution in [0.25, 0.3) is 10.9 Å². The van der Waals surface area contributed by atoms with E-state index in [4.69, 9.17) is 9.47 Å². The summed E-state index contributed by atoms with van der Waals surface area (Å²) in [4.78, 5) is 17.8. The number of benzene rings is 1. The maximum absolute atomic E-state index is 14.6. The van der Waals surface area contributed by atoms with Crippen molar-refractivity contribution in [1.82, 2.24) is 9.88 Å². The molecule has 2 atom stereocenters. The van der Waals surface area contributed by atoms with E-state index in [-0.39, 0.29) is 6.54 Å². The molecule has 0 bridgehead atoms. The fraction of sp³-hybridized carbons (Fsp3) is 0.474. The minimum Gasteiger partial charge on any atom is -0.485 e. The van der Waals surface area contributed by atoms with Crippen molar-refractivity contribution >= 4 is 17.0 Å². The highest BCUT2D eigenvalue weighted by molar-refractivity contribution is 5.84. The van der Waals surface area contributed by atoms with Crippen LogP contribution in [0.15, 0.2) is 36.5 Å². The number of rotatable bonds is 2. The molecule has 1 aliphatic heterocycles. The first-order valence-corrected chi connectivity index (χ1v) is 8.46. The van der Waals surface area contributed by atoms with Crippen LogP contribution in [0.2, 0.25) is 0 Å². The number of aromatic nitrogens is 1. The molecule has 0 spiro atoms. The van der Waals surface area contributed by atoms with Gasteiger partial charge in [0, 0.05) is 24.5 Å². The number of piperidine rings is 1. The topological polar surface area (TPSA) is 51.7 Å². The van der Waals surface area contributed by atoms with Crippen LogP contribution >= 0.6 is 0 Å². The highest BCUT2D eigenvalue weighted by Crippen LogP contribution is 2.27. The van der Waals surface area contributed by atoms with Gasteiger partial charge in [-0.25, -0.2) is 9.18 Å². The lowest BCUT2D eigenvalue weighted by Gasteiger charge is -2.35. The SMILES string of the molecule is CC(C)(C)OC(=O)N1CCC(Oc2cccc3cccnc23)C(F)C1. The number of pyridine rings is 1. The molecule has 25 heavy (non-hydrogen) atoms. The molecule has 1 aliphatic rings. The molecule has 1 amide bonds. The normalized spacial score (nSPS) is 21.2. The molecule has 2 heterocycles. The van der Waals surface area contributed by atoms with Crippen LogP contribution in [0.3, 0.4) is 0 Å². The Kier molecular flexibility index (Phi) is 4.79. The van der Waals surface area contributed by atoms with Crippen molar-refractivity contribution in [2.45, 2.75) is 45.1 Å². The van der Waals surface area contributed by atoms with E-state index in [2.05, 4.69) is 4.98 Å². The number of carbonyl (C=O) groups excluding carboxylic acids is 1. The molecule has 3 rings (SSSR count). The number of alkyl halides is 1. The number of carbonyl (C=O) groups is 1. The molecule has 1 aromatic heterocycles. The van der Waals surface area contributed by atoms with Gasteiger partial charge in [0.1, 0.15) is 23.0 Å². The monoisotopic (exact) mass is 346 g/mol. The number of hydrogen-bond donors (Lipinski definition) is 0. The molecule has 0 saturated carbocycles. The summed E-state index contributed by atoms with van der Waals surface area (Å²) in [5, 5.41) is 0.946. The minimum atomic E-state index is -1.28. The summed E-state index contributed by atoms with van der Waals surface area (Å²) in [6, 6.07) is 9.38. The van der Waals surface area contributed by atoms with Crippen molar-refractivity contribution in [3.63, 3.8) is 0 Å². The van der Waals surface area contributed by atoms with Gasteiger partial charge >= 0.3 is 6.09 Å². The Morgan fingerprint density at radius 2 is 2.04 bits per heavy atom. The highest BCUT2D eigenvalue weighted by Gasteiger charge is 2.35. The summed E-state index contributed by atoms with van der Waals surface area (Å²) < 4.78 is 25.8. The second-order valence-electron chi connectivity index (χ2n) is 7.22. The van der Waals surface area contributed by atoms with Crippen molar-refractivity contribution in [1.29, 1.82) is 0 Å². The number of amides is 1. The molecule has 1 fully saturated rings. The maximum Gasteiger partial charge on any atom is 0.410 e. The van der Waals surface area contributed by atoms with E-state index in [1.165, 1.54) is 4.90 Å². The maximum atomic E-state index is 14.6. The molecule has 134 valence electrons. The zero-order chi connectivity index (χ0) is 18.0. The summed E-state index contributed by atoms with van der Waals surface area (Å²) in [7, 11) is 0. The average molecular weight is 346 g/mol. The molecule has 2 unspecified atom stereocenters. The van der Waals surface area contributed by atoms with Gasteiger partial charge in [0.15, 0.2) is 6.17 Å². The summed E-state index contributed by atoms with van der Waals surface area (Å²) in [6.45, 7) is 5.75. The van der Waals surface area contributed by atoms with Gasteiger partial charge in [-0.1, -0.05) is 18.2 Å². The third-order valence-electron chi connectivity index (χ3n) is 4.01. The molecule has 6 heteroatoms. The molecule has 0 N–H and O–H groups in total. The molecule has 0 radical (unpaired) electrons. The third-order valence-corrected chi connectivity index (χ3v) is 4.01. The molecule has 2 aromatic rings. The first-order valence-electron chi connectivity index (χ1n) is 8.46. The summed E-state index contributed by atoms with van der Waals surface area (Å²) in [5.74, 6) is 0.566. The molecule has 0 aliphatic carbocycles. The summed E-state index contributed by atoms with van der Waals surface area (Å²) in [6.07, 6.45) is -0.274. The lowest BCUT2D eigenvalue weighted by atomic mass is 10.1. The second-order valence-corrected chi connectivity index (χ2v) is 7.22. The predicted octanol–water partition coefficient (Wildman–Crippen LogP) is 3.96. The predicted molar refractivity (Wildman–Crippen MR) is 93.5 cm³/mol. The van der Waals surface area contributed by atoms with Gasteiger partial charge in [-0.2, -0.15) is 0 Å². The van der Waals surface area contributed by atoms with Crippen LogP contribution in [0.1, 0.15) is 27.2 Å². The Morgan fingerprint density at radius 3 is 2.76 bits per heavy atom. The summed E-state index contributed by atoms with van der Waals surface area (Å²) >= 11 is 0. The Labute approximate surface area is 146 Å². The van der Waals surface area contributed by atoms with E-state index in [9.17, 15) is 9.18 Å². The van der Waals surface area contributed by atoms with Crippen molar-refractivity contribution in [2.75, 3.05) is 13.1 Å². The number of nitrogens with zero attached hydrogens (tertiary/aromatic N) is 2. The second kappa shape index (κ2) is 6.86. The zero-order valence-electron chi connectivity index (χ0n) is 14.7. The van der Waals surface area contributed by atoms with E-state index in [0.29, 0.717) is 24.2 Å². The van der Waals surface area contributed by atoms with Crippen molar-refractivity contribution in [2.24, 2.45) is 0 Å². The molecular formula is C19H23FN2O3. The lowest BCUT2D eigenvalue weighted by Crippen LogP contribution is -2.50. The Bertz CT molecular complexity index is 754. The molecular weight excluding hydrogens is 323 g/mol. The average Bonchev–Trinajstić information content (AvgIpc) is 2.55. The molecule has 1 saturated heterocycles. The van der Waals surface area contributed by atoms with Crippen molar-refractivity contribution in [3.8, 4) is 5.75 Å². The van der Waals surface area contributed by atoms with Gasteiger partial charge in [0.2, 0.25) is 0 Å². The largest absolute Gasteiger partial charge is 0.485 e. The van der Waals surface area contributed by atoms with Crippen LogP contribution in [-0.2, 0) is 4.74 Å². The van der Waals surface area contributed by atoms with E-state index in [0.717, 1.165) is 5.39 Å². The quantitative estimate of drug-likeness (QED) is 0.826. The van der Waals surface area contributed by atoms with E-state index in [1.54, 1.807) is 33.0 Å². The number of halogens is 1. The van der Waals surface area contributed by atoms with Gasteiger partial charge in [-0.05, 0) is 32.9 Å². The van der Waals surface area contributed by atoms with Gasteiger partial charge in [-0.3, -0.25) is 4.98 Å². The number of hydrogen-bond acceptors (Lipinski definition) is 4. The van der Waals surface area contributed by atoms with E-state index < -0.39 is 24.0 Å². The lowest BCUT2D eigenvalue weighted by molar-refractivity contribution is -0.0102. The van der Waals surface area contributed by atoms with Gasteiger partial charge in [-0.15, -0.1) is 0 Å². The molecule has 5 nitrogen and oxygen atoms in total. The van der Waals surface area contributed by atoms with Gasteiger partial charge < -0.3 is 14.4 Å². The minimum absolute atomic E-state index is 0.0300. The third kappa shape index (κ3) is 4.18. The Hall–Kier alpha value is -2.37. The van der Waals surface area contributed by atoms with Crippen molar-refractivity contribution in [3.05, 3.63) is 36.5 Å². The smallest absolute Gasteiger partial charge is 0.410 e. The first kappa shape index (κ1) is 17.5. The first-order chi connectivity index (χ1) is 11.8. The standard InChI is InChI=1S/C19H23FN2O3/c1-19(2,3)25-18(23)22-11-9-15(14(20)12-22)24-16-8-4-6-13-7-5-10-21-17(13)16/h4-8,10,14-15H,9,11-12H2,1-3H3. The van der Waals surface area contributed by atoms with Gasteiger partial charge in [0.05, 0.1) is 6.54 Å². The van der Waals surface area contributed by atoms with Crippen LogP contribution in [0.4, 0.5) is 9.18 Å². The Balaban J connectivity index is 1.67. The fourth-order valence-electron chi connectivity index (χ4n) is 2.84. The summed E-state index contributed by atoms with van der Waals surface area (Å²) in [5.41, 5.74) is 0.122. The highest BCUT2D eigenvalue weighted by atomic mass is 19.1. The number of likely N-dealkylation sites (tertiary alicyclic amines) is 1. The molecule has 1 aromatic carbocycles. The zero-order valence-corrected chi connectivity index (χ0v) is 14.7. The number of fused-ring (bicyclic) bond motifs is 1. The van der Waals surface area contributed by atoms with Crippen LogP contribution in [0, 0.1) is 0 Å². The van der Waals surface area contributed by atoms with E-state index >= 15 is 0 Å². The van der Waals surface area contributed by atoms with Crippen molar-refractivity contribution < 1.29 is 18.7 Å². The van der Waals surface area contributed by atoms with Crippen LogP contribution < -0.4 is 4.74 Å². The number of para-hydroxylation sites is 1. The van der Waals surface area contributed by atoms with Crippen LogP contribution in [0.5, 0.6) is 5.75 Å². The van der Waals surface area contributed by atoms with Crippen LogP contribution in [-0.4, -0.2) is 46.9 Å². The van der Waals surface area contributed by atoms with Gasteiger partial charge in [0.25, 0.3) is 0 Å². The number of ether oxygens (including phenoxy) is 2. The van der Waals surface area contributed by atoms with E-state index in [1.807, 2.05) is 24.3 Å². The fourth-order valence-corrected chi connectivity index (χ4v) is 2.84. The Morgan fingerprint density at radius 1 is 1.28 bits per heavy atom.